The molecule has 4 heteroatoms. The highest BCUT2D eigenvalue weighted by Gasteiger charge is 2.34. The van der Waals surface area contributed by atoms with Gasteiger partial charge in [-0.15, -0.1) is 0 Å². The molecule has 0 spiro atoms. The molecule has 104 valence electrons. The summed E-state index contributed by atoms with van der Waals surface area (Å²) in [6.45, 7) is 2.30. The van der Waals surface area contributed by atoms with Crippen molar-refractivity contribution in [1.82, 2.24) is 9.97 Å². The van der Waals surface area contributed by atoms with Crippen LogP contribution in [-0.2, 0) is 23.1 Å². The van der Waals surface area contributed by atoms with Crippen LogP contribution in [0.2, 0.25) is 0 Å². The van der Waals surface area contributed by atoms with E-state index in [1.807, 2.05) is 0 Å². The van der Waals surface area contributed by atoms with E-state index < -0.39 is 5.97 Å². The minimum absolute atomic E-state index is 0.175. The van der Waals surface area contributed by atoms with Crippen LogP contribution in [0.15, 0.2) is 0 Å². The smallest absolute Gasteiger partial charge is 0.306 e. The fourth-order valence-corrected chi connectivity index (χ4v) is 3.55. The highest BCUT2D eigenvalue weighted by Crippen LogP contribution is 2.38. The van der Waals surface area contributed by atoms with Gasteiger partial charge < -0.3 is 10.1 Å². The van der Waals surface area contributed by atoms with Crippen LogP contribution in [0.5, 0.6) is 0 Å². The first-order valence-electron chi connectivity index (χ1n) is 7.39. The SMILES string of the molecule is CC1(c2nc3c([nH]2)CC(C(=O)O)CC3)CCCCC1. The van der Waals surface area contributed by atoms with Crippen LogP contribution >= 0.6 is 0 Å². The number of hydrogen-bond donors (Lipinski definition) is 2. The molecule has 1 aromatic rings. The lowest BCUT2D eigenvalue weighted by molar-refractivity contribution is -0.142. The molecule has 2 N–H and O–H groups in total. The van der Waals surface area contributed by atoms with E-state index in [2.05, 4.69) is 11.9 Å². The molecular formula is C15H22N2O2. The number of hydrogen-bond acceptors (Lipinski definition) is 2. The highest BCUT2D eigenvalue weighted by atomic mass is 16.4. The van der Waals surface area contributed by atoms with Gasteiger partial charge >= 0.3 is 5.97 Å². The maximum absolute atomic E-state index is 11.1. The fourth-order valence-electron chi connectivity index (χ4n) is 3.55. The lowest BCUT2D eigenvalue weighted by Crippen LogP contribution is -2.26. The van der Waals surface area contributed by atoms with E-state index >= 15 is 0 Å². The number of carbonyl (C=O) groups is 1. The van der Waals surface area contributed by atoms with Gasteiger partial charge in [0.05, 0.1) is 11.6 Å². The summed E-state index contributed by atoms with van der Waals surface area (Å²) in [5.41, 5.74) is 2.36. The molecule has 0 radical (unpaired) electrons. The normalized spacial score (nSPS) is 25.8. The van der Waals surface area contributed by atoms with Gasteiger partial charge in [0.1, 0.15) is 5.82 Å². The van der Waals surface area contributed by atoms with Crippen molar-refractivity contribution in [3.63, 3.8) is 0 Å². The number of aromatic amines is 1. The summed E-state index contributed by atoms with van der Waals surface area (Å²) in [7, 11) is 0. The van der Waals surface area contributed by atoms with Crippen LogP contribution in [0.25, 0.3) is 0 Å². The molecule has 1 saturated carbocycles. The Morgan fingerprint density at radius 1 is 1.37 bits per heavy atom. The fraction of sp³-hybridized carbons (Fsp3) is 0.733. The molecule has 0 amide bonds. The largest absolute Gasteiger partial charge is 0.481 e. The van der Waals surface area contributed by atoms with E-state index in [0.29, 0.717) is 6.42 Å². The van der Waals surface area contributed by atoms with Crippen molar-refractivity contribution in [2.24, 2.45) is 5.92 Å². The lowest BCUT2D eigenvalue weighted by Gasteiger charge is -2.31. The molecule has 0 bridgehead atoms. The van der Waals surface area contributed by atoms with Gasteiger partial charge in [0.15, 0.2) is 0 Å². The summed E-state index contributed by atoms with van der Waals surface area (Å²) in [6.07, 6.45) is 8.43. The molecule has 2 aliphatic carbocycles. The van der Waals surface area contributed by atoms with Gasteiger partial charge in [-0.3, -0.25) is 4.79 Å². The minimum atomic E-state index is -0.675. The Bertz CT molecular complexity index is 486. The Hall–Kier alpha value is -1.32. The topological polar surface area (TPSA) is 66.0 Å². The summed E-state index contributed by atoms with van der Waals surface area (Å²) in [5, 5.41) is 9.14. The van der Waals surface area contributed by atoms with Crippen LogP contribution in [0.3, 0.4) is 0 Å². The van der Waals surface area contributed by atoms with Gasteiger partial charge in [-0.05, 0) is 25.7 Å². The van der Waals surface area contributed by atoms with Gasteiger partial charge in [0, 0.05) is 17.5 Å². The second-order valence-electron chi connectivity index (χ2n) is 6.41. The van der Waals surface area contributed by atoms with Crippen molar-refractivity contribution in [3.8, 4) is 0 Å². The van der Waals surface area contributed by atoms with E-state index in [-0.39, 0.29) is 11.3 Å². The zero-order chi connectivity index (χ0) is 13.5. The van der Waals surface area contributed by atoms with Crippen molar-refractivity contribution in [2.45, 2.75) is 63.7 Å². The second kappa shape index (κ2) is 4.66. The Morgan fingerprint density at radius 3 is 2.79 bits per heavy atom. The third-order valence-corrected chi connectivity index (χ3v) is 4.92. The van der Waals surface area contributed by atoms with E-state index in [4.69, 9.17) is 10.1 Å². The summed E-state index contributed by atoms with van der Waals surface area (Å²) in [5.74, 6) is 0.189. The van der Waals surface area contributed by atoms with E-state index in [0.717, 1.165) is 30.1 Å². The van der Waals surface area contributed by atoms with Crippen LogP contribution < -0.4 is 0 Å². The van der Waals surface area contributed by atoms with Crippen molar-refractivity contribution in [2.75, 3.05) is 0 Å². The highest BCUT2D eigenvalue weighted by molar-refractivity contribution is 5.70. The number of fused-ring (bicyclic) bond motifs is 1. The number of aryl methyl sites for hydroxylation is 1. The molecule has 1 aromatic heterocycles. The molecule has 2 aliphatic rings. The van der Waals surface area contributed by atoms with Crippen molar-refractivity contribution >= 4 is 5.97 Å². The minimum Gasteiger partial charge on any atom is -0.481 e. The van der Waals surface area contributed by atoms with Crippen LogP contribution in [0.4, 0.5) is 0 Å². The van der Waals surface area contributed by atoms with Crippen LogP contribution in [0, 0.1) is 5.92 Å². The van der Waals surface area contributed by atoms with Gasteiger partial charge in [-0.2, -0.15) is 0 Å². The number of nitrogens with zero attached hydrogens (tertiary/aromatic N) is 1. The monoisotopic (exact) mass is 262 g/mol. The summed E-state index contributed by atoms with van der Waals surface area (Å²) < 4.78 is 0. The number of nitrogens with one attached hydrogen (secondary N) is 1. The van der Waals surface area contributed by atoms with E-state index in [9.17, 15) is 4.79 Å². The average Bonchev–Trinajstić information content (AvgIpc) is 2.83. The molecule has 1 unspecified atom stereocenters. The number of H-pyrrole nitrogens is 1. The average molecular weight is 262 g/mol. The zero-order valence-corrected chi connectivity index (χ0v) is 11.5. The van der Waals surface area contributed by atoms with Gasteiger partial charge in [-0.25, -0.2) is 4.98 Å². The Balaban J connectivity index is 1.85. The number of aromatic nitrogens is 2. The second-order valence-corrected chi connectivity index (χ2v) is 6.41. The number of rotatable bonds is 2. The molecule has 1 heterocycles. The number of carboxylic acid groups (broad SMARTS) is 1. The molecule has 0 aromatic carbocycles. The maximum Gasteiger partial charge on any atom is 0.306 e. The molecular weight excluding hydrogens is 240 g/mol. The van der Waals surface area contributed by atoms with Gasteiger partial charge in [0.2, 0.25) is 0 Å². The van der Waals surface area contributed by atoms with Crippen LogP contribution in [0.1, 0.15) is 62.7 Å². The van der Waals surface area contributed by atoms with Gasteiger partial charge in [0.25, 0.3) is 0 Å². The Kier molecular flexibility index (Phi) is 3.11. The summed E-state index contributed by atoms with van der Waals surface area (Å²) >= 11 is 0. The molecule has 1 fully saturated rings. The maximum atomic E-state index is 11.1. The molecule has 0 aliphatic heterocycles. The van der Waals surface area contributed by atoms with Crippen molar-refractivity contribution < 1.29 is 9.90 Å². The molecule has 4 nitrogen and oxygen atoms in total. The lowest BCUT2D eigenvalue weighted by atomic mass is 9.75. The quantitative estimate of drug-likeness (QED) is 0.861. The summed E-state index contributed by atoms with van der Waals surface area (Å²) in [6, 6.07) is 0. The standard InChI is InChI=1S/C15H22N2O2/c1-15(7-3-2-4-8-15)14-16-11-6-5-10(13(18)19)9-12(11)17-14/h10H,2-9H2,1H3,(H,16,17)(H,18,19). The van der Waals surface area contributed by atoms with Crippen LogP contribution in [-0.4, -0.2) is 21.0 Å². The van der Waals surface area contributed by atoms with Gasteiger partial charge in [-0.1, -0.05) is 26.2 Å². The Labute approximate surface area is 113 Å². The first-order valence-corrected chi connectivity index (χ1v) is 7.39. The van der Waals surface area contributed by atoms with E-state index in [1.54, 1.807) is 0 Å². The van der Waals surface area contributed by atoms with Crippen molar-refractivity contribution in [1.29, 1.82) is 0 Å². The first-order chi connectivity index (χ1) is 9.08. The first kappa shape index (κ1) is 12.7. The van der Waals surface area contributed by atoms with E-state index in [1.165, 1.54) is 32.1 Å². The predicted octanol–water partition coefficient (Wildman–Crippen LogP) is 2.82. The third-order valence-electron chi connectivity index (χ3n) is 4.92. The molecule has 19 heavy (non-hydrogen) atoms. The number of carboxylic acids is 1. The van der Waals surface area contributed by atoms with Crippen molar-refractivity contribution in [3.05, 3.63) is 17.2 Å². The molecule has 0 saturated heterocycles. The number of imidazole rings is 1. The zero-order valence-electron chi connectivity index (χ0n) is 11.5. The number of aliphatic carboxylic acids is 1. The molecule has 1 atom stereocenters. The summed E-state index contributed by atoms with van der Waals surface area (Å²) in [4.78, 5) is 19.3. The third kappa shape index (κ3) is 2.28. The molecule has 3 rings (SSSR count). The Morgan fingerprint density at radius 2 is 2.11 bits per heavy atom. The predicted molar refractivity (Wildman–Crippen MR) is 72.2 cm³/mol.